The average Bonchev–Trinajstić information content (AvgIpc) is 2.38. The number of esters is 1. The molecule has 1 rings (SSSR count). The molecule has 0 saturated carbocycles. The number of rotatable bonds is 7. The summed E-state index contributed by atoms with van der Waals surface area (Å²) in [7, 11) is 1.46. The zero-order valence-corrected chi connectivity index (χ0v) is 12.1. The van der Waals surface area contributed by atoms with Crippen molar-refractivity contribution in [2.75, 3.05) is 33.3 Å². The third-order valence-electron chi connectivity index (χ3n) is 3.60. The Morgan fingerprint density at radius 2 is 2.33 bits per heavy atom. The topological polar surface area (TPSA) is 41.6 Å². The highest BCUT2D eigenvalue weighted by molar-refractivity contribution is 5.75. The van der Waals surface area contributed by atoms with E-state index in [0.717, 1.165) is 31.8 Å². The summed E-state index contributed by atoms with van der Waals surface area (Å²) in [6.07, 6.45) is 4.51. The van der Waals surface area contributed by atoms with Crippen molar-refractivity contribution in [3.05, 3.63) is 0 Å². The summed E-state index contributed by atoms with van der Waals surface area (Å²) in [5.41, 5.74) is 0. The smallest absolute Gasteiger partial charge is 0.322 e. The van der Waals surface area contributed by atoms with Crippen LogP contribution in [-0.2, 0) is 9.53 Å². The lowest BCUT2D eigenvalue weighted by molar-refractivity contribution is -0.143. The van der Waals surface area contributed by atoms with Crippen LogP contribution in [0, 0.1) is 5.92 Å². The van der Waals surface area contributed by atoms with Crippen molar-refractivity contribution in [3.63, 3.8) is 0 Å². The second-order valence-corrected chi connectivity index (χ2v) is 5.37. The number of hydrogen-bond acceptors (Lipinski definition) is 4. The molecule has 1 heterocycles. The Balaban J connectivity index is 2.33. The number of nitrogens with one attached hydrogen (secondary N) is 1. The molecule has 0 aliphatic carbocycles. The maximum atomic E-state index is 11.7. The molecule has 4 nitrogen and oxygen atoms in total. The highest BCUT2D eigenvalue weighted by Crippen LogP contribution is 2.15. The van der Waals surface area contributed by atoms with Crippen molar-refractivity contribution in [1.82, 2.24) is 10.2 Å². The SMILES string of the molecule is CCCNC(CCN1CCCC(C)C1)C(=O)OC. The molecule has 1 aliphatic rings. The minimum atomic E-state index is -0.146. The molecule has 106 valence electrons. The Bertz CT molecular complexity index is 246. The minimum absolute atomic E-state index is 0.131. The maximum absolute atomic E-state index is 11.7. The Kier molecular flexibility index (Phi) is 7.28. The maximum Gasteiger partial charge on any atom is 0.322 e. The lowest BCUT2D eigenvalue weighted by Crippen LogP contribution is -2.42. The highest BCUT2D eigenvalue weighted by Gasteiger charge is 2.21. The molecule has 0 radical (unpaired) electrons. The predicted octanol–water partition coefficient (Wildman–Crippen LogP) is 1.65. The van der Waals surface area contributed by atoms with Crippen molar-refractivity contribution >= 4 is 5.97 Å². The summed E-state index contributed by atoms with van der Waals surface area (Å²) < 4.78 is 4.85. The van der Waals surface area contributed by atoms with Gasteiger partial charge in [-0.15, -0.1) is 0 Å². The van der Waals surface area contributed by atoms with E-state index in [-0.39, 0.29) is 12.0 Å². The molecule has 0 spiro atoms. The van der Waals surface area contributed by atoms with E-state index in [9.17, 15) is 4.79 Å². The van der Waals surface area contributed by atoms with Gasteiger partial charge in [0.05, 0.1) is 7.11 Å². The lowest BCUT2D eigenvalue weighted by atomic mass is 10.00. The molecular weight excluding hydrogens is 228 g/mol. The molecule has 0 aromatic carbocycles. The van der Waals surface area contributed by atoms with Crippen LogP contribution in [0.25, 0.3) is 0 Å². The van der Waals surface area contributed by atoms with Gasteiger partial charge in [0.25, 0.3) is 0 Å². The first-order chi connectivity index (χ1) is 8.67. The van der Waals surface area contributed by atoms with Crippen LogP contribution in [-0.4, -0.2) is 50.2 Å². The van der Waals surface area contributed by atoms with Gasteiger partial charge in [-0.2, -0.15) is 0 Å². The van der Waals surface area contributed by atoms with Gasteiger partial charge in [0.2, 0.25) is 0 Å². The van der Waals surface area contributed by atoms with Gasteiger partial charge in [-0.05, 0) is 44.7 Å². The molecule has 4 heteroatoms. The van der Waals surface area contributed by atoms with Crippen LogP contribution in [0.5, 0.6) is 0 Å². The largest absolute Gasteiger partial charge is 0.468 e. The van der Waals surface area contributed by atoms with Crippen LogP contribution in [0.1, 0.15) is 39.5 Å². The highest BCUT2D eigenvalue weighted by atomic mass is 16.5. The van der Waals surface area contributed by atoms with Crippen molar-refractivity contribution in [2.24, 2.45) is 5.92 Å². The van der Waals surface area contributed by atoms with Gasteiger partial charge >= 0.3 is 5.97 Å². The van der Waals surface area contributed by atoms with Crippen LogP contribution in [0.15, 0.2) is 0 Å². The van der Waals surface area contributed by atoms with Crippen LogP contribution in [0.3, 0.4) is 0 Å². The van der Waals surface area contributed by atoms with E-state index < -0.39 is 0 Å². The Morgan fingerprint density at radius 3 is 2.94 bits per heavy atom. The van der Waals surface area contributed by atoms with E-state index in [2.05, 4.69) is 24.1 Å². The third-order valence-corrected chi connectivity index (χ3v) is 3.60. The van der Waals surface area contributed by atoms with Crippen molar-refractivity contribution in [3.8, 4) is 0 Å². The zero-order chi connectivity index (χ0) is 13.4. The van der Waals surface area contributed by atoms with Crippen molar-refractivity contribution in [1.29, 1.82) is 0 Å². The van der Waals surface area contributed by atoms with Gasteiger partial charge < -0.3 is 15.0 Å². The zero-order valence-electron chi connectivity index (χ0n) is 12.1. The first-order valence-corrected chi connectivity index (χ1v) is 7.21. The average molecular weight is 256 g/mol. The second-order valence-electron chi connectivity index (χ2n) is 5.37. The number of methoxy groups -OCH3 is 1. The standard InChI is InChI=1S/C14H28N2O2/c1-4-8-15-13(14(17)18-3)7-10-16-9-5-6-12(2)11-16/h12-13,15H,4-11H2,1-3H3. The molecule has 1 saturated heterocycles. The van der Waals surface area contributed by atoms with Gasteiger partial charge in [0.15, 0.2) is 0 Å². The monoisotopic (exact) mass is 256 g/mol. The molecule has 18 heavy (non-hydrogen) atoms. The molecule has 0 aromatic rings. The van der Waals surface area contributed by atoms with Crippen LogP contribution in [0.4, 0.5) is 0 Å². The van der Waals surface area contributed by atoms with E-state index in [0.29, 0.717) is 0 Å². The second kappa shape index (κ2) is 8.48. The minimum Gasteiger partial charge on any atom is -0.468 e. The van der Waals surface area contributed by atoms with E-state index in [1.807, 2.05) is 0 Å². The van der Waals surface area contributed by atoms with Crippen LogP contribution < -0.4 is 5.32 Å². The van der Waals surface area contributed by atoms with Gasteiger partial charge in [0, 0.05) is 13.1 Å². The number of nitrogens with zero attached hydrogens (tertiary/aromatic N) is 1. The van der Waals surface area contributed by atoms with Crippen molar-refractivity contribution < 1.29 is 9.53 Å². The summed E-state index contributed by atoms with van der Waals surface area (Å²) in [6, 6.07) is -0.146. The molecule has 1 fully saturated rings. The molecule has 0 bridgehead atoms. The Labute approximate surface area is 111 Å². The molecule has 2 atom stereocenters. The third kappa shape index (κ3) is 5.36. The lowest BCUT2D eigenvalue weighted by Gasteiger charge is -2.31. The number of carbonyl (C=O) groups excluding carboxylic acids is 1. The van der Waals surface area contributed by atoms with E-state index in [4.69, 9.17) is 4.74 Å². The molecular formula is C14H28N2O2. The normalized spacial score (nSPS) is 22.7. The number of piperidine rings is 1. The molecule has 1 N–H and O–H groups in total. The van der Waals surface area contributed by atoms with Gasteiger partial charge in [0.1, 0.15) is 6.04 Å². The number of hydrogen-bond donors (Lipinski definition) is 1. The number of ether oxygens (including phenoxy) is 1. The summed E-state index contributed by atoms with van der Waals surface area (Å²) in [4.78, 5) is 14.1. The van der Waals surface area contributed by atoms with E-state index >= 15 is 0 Å². The molecule has 1 aliphatic heterocycles. The molecule has 0 amide bonds. The first kappa shape index (κ1) is 15.4. The Morgan fingerprint density at radius 1 is 1.56 bits per heavy atom. The van der Waals surface area contributed by atoms with Crippen LogP contribution in [0.2, 0.25) is 0 Å². The summed E-state index contributed by atoms with van der Waals surface area (Å²) in [6.45, 7) is 8.61. The summed E-state index contributed by atoms with van der Waals surface area (Å²) in [5.74, 6) is 0.660. The fourth-order valence-corrected chi connectivity index (χ4v) is 2.57. The fraction of sp³-hybridized carbons (Fsp3) is 0.929. The van der Waals surface area contributed by atoms with Crippen molar-refractivity contribution in [2.45, 2.75) is 45.6 Å². The fourth-order valence-electron chi connectivity index (χ4n) is 2.57. The summed E-state index contributed by atoms with van der Waals surface area (Å²) in [5, 5.41) is 3.27. The first-order valence-electron chi connectivity index (χ1n) is 7.21. The predicted molar refractivity (Wildman–Crippen MR) is 73.6 cm³/mol. The van der Waals surface area contributed by atoms with Gasteiger partial charge in [-0.3, -0.25) is 4.79 Å². The van der Waals surface area contributed by atoms with Crippen LogP contribution >= 0.6 is 0 Å². The molecule has 2 unspecified atom stereocenters. The number of likely N-dealkylation sites (tertiary alicyclic amines) is 1. The molecule has 0 aromatic heterocycles. The van der Waals surface area contributed by atoms with Gasteiger partial charge in [-0.25, -0.2) is 0 Å². The van der Waals surface area contributed by atoms with E-state index in [1.54, 1.807) is 0 Å². The summed E-state index contributed by atoms with van der Waals surface area (Å²) >= 11 is 0. The van der Waals surface area contributed by atoms with E-state index in [1.165, 1.54) is 33.0 Å². The Hall–Kier alpha value is -0.610. The number of carbonyl (C=O) groups is 1. The van der Waals surface area contributed by atoms with Gasteiger partial charge in [-0.1, -0.05) is 13.8 Å². The quantitative estimate of drug-likeness (QED) is 0.703.